The van der Waals surface area contributed by atoms with Crippen LogP contribution in [0.1, 0.15) is 16.7 Å². The summed E-state index contributed by atoms with van der Waals surface area (Å²) in [4.78, 5) is 33.2. The lowest BCUT2D eigenvalue weighted by atomic mass is 10.1. The van der Waals surface area contributed by atoms with Crippen molar-refractivity contribution in [3.63, 3.8) is 0 Å². The molecular weight excluding hydrogens is 456 g/mol. The number of rotatable bonds is 7. The topological polar surface area (TPSA) is 131 Å². The van der Waals surface area contributed by atoms with Crippen LogP contribution >= 0.6 is 0 Å². The van der Waals surface area contributed by atoms with E-state index < -0.39 is 27.2 Å². The third-order valence-electron chi connectivity index (χ3n) is 5.14. The van der Waals surface area contributed by atoms with Crippen molar-refractivity contribution in [1.29, 1.82) is 0 Å². The molecule has 0 unspecified atom stereocenters. The maximum absolute atomic E-state index is 12.4. The highest BCUT2D eigenvalue weighted by atomic mass is 16.6. The molecule has 0 bridgehead atoms. The molecule has 0 saturated heterocycles. The molecule has 0 saturated carbocycles. The Morgan fingerprint density at radius 1 is 0.886 bits per heavy atom. The molecule has 0 fully saturated rings. The zero-order chi connectivity index (χ0) is 25.1. The highest BCUT2D eigenvalue weighted by Gasteiger charge is 2.24. The minimum Gasteiger partial charge on any atom is -0.493 e. The second kappa shape index (κ2) is 9.48. The predicted octanol–water partition coefficient (Wildman–Crippen LogP) is 5.59. The second-order valence-corrected chi connectivity index (χ2v) is 7.54. The number of benzene rings is 3. The number of nitro benzene ring substituents is 2. The van der Waals surface area contributed by atoms with Crippen molar-refractivity contribution in [3.8, 4) is 17.2 Å². The van der Waals surface area contributed by atoms with E-state index in [0.29, 0.717) is 16.9 Å². The Labute approximate surface area is 199 Å². The SMILES string of the molecule is COc1cc(/C=C2\C=C(c3ccc(C)cc3)OC2=O)ccc1Oc1ccc([N+](=O)[O-])cc1[N+](=O)[O-]. The number of ether oxygens (including phenoxy) is 3. The van der Waals surface area contributed by atoms with Crippen LogP contribution in [0.5, 0.6) is 17.2 Å². The number of esters is 1. The lowest BCUT2D eigenvalue weighted by molar-refractivity contribution is -0.394. The Hall–Kier alpha value is -4.99. The molecule has 0 N–H and O–H groups in total. The average molecular weight is 474 g/mol. The summed E-state index contributed by atoms with van der Waals surface area (Å²) in [5, 5.41) is 22.3. The first kappa shape index (κ1) is 23.2. The number of non-ortho nitro benzene ring substituents is 1. The van der Waals surface area contributed by atoms with Crippen molar-refractivity contribution in [2.75, 3.05) is 7.11 Å². The molecule has 0 atom stereocenters. The van der Waals surface area contributed by atoms with Crippen molar-refractivity contribution < 1.29 is 28.9 Å². The van der Waals surface area contributed by atoms with Crippen LogP contribution in [-0.4, -0.2) is 22.9 Å². The largest absolute Gasteiger partial charge is 0.493 e. The summed E-state index contributed by atoms with van der Waals surface area (Å²) < 4.78 is 16.4. The van der Waals surface area contributed by atoms with Crippen molar-refractivity contribution >= 4 is 29.2 Å². The third-order valence-corrected chi connectivity index (χ3v) is 5.14. The van der Waals surface area contributed by atoms with E-state index in [1.54, 1.807) is 24.3 Å². The van der Waals surface area contributed by atoms with E-state index in [2.05, 4.69) is 0 Å². The first-order chi connectivity index (χ1) is 16.7. The lowest BCUT2D eigenvalue weighted by Gasteiger charge is -2.11. The zero-order valence-corrected chi connectivity index (χ0v) is 18.6. The van der Waals surface area contributed by atoms with Crippen LogP contribution in [0.3, 0.4) is 0 Å². The summed E-state index contributed by atoms with van der Waals surface area (Å²) in [6.45, 7) is 1.96. The van der Waals surface area contributed by atoms with Gasteiger partial charge in [-0.3, -0.25) is 20.2 Å². The molecule has 176 valence electrons. The van der Waals surface area contributed by atoms with E-state index in [1.165, 1.54) is 13.2 Å². The standard InChI is InChI=1S/C25H18N2O8/c1-15-3-6-17(7-4-15)23-13-18(25(28)35-23)11-16-5-9-22(24(12-16)33-2)34-21-10-8-19(26(29)30)14-20(21)27(31)32/h3-14H,1-2H3/b18-11+. The normalized spacial score (nSPS) is 13.8. The van der Waals surface area contributed by atoms with Gasteiger partial charge < -0.3 is 14.2 Å². The quantitative estimate of drug-likeness (QED) is 0.187. The summed E-state index contributed by atoms with van der Waals surface area (Å²) >= 11 is 0. The number of methoxy groups -OCH3 is 1. The van der Waals surface area contributed by atoms with Crippen LogP contribution in [0.25, 0.3) is 11.8 Å². The molecule has 10 heteroatoms. The molecule has 0 radical (unpaired) electrons. The smallest absolute Gasteiger partial charge is 0.343 e. The third kappa shape index (κ3) is 5.01. The molecule has 10 nitrogen and oxygen atoms in total. The van der Waals surface area contributed by atoms with Gasteiger partial charge in [-0.1, -0.05) is 35.9 Å². The Kier molecular flexibility index (Phi) is 6.27. The van der Waals surface area contributed by atoms with Gasteiger partial charge >= 0.3 is 11.7 Å². The fraction of sp³-hybridized carbons (Fsp3) is 0.0800. The average Bonchev–Trinajstić information content (AvgIpc) is 3.20. The Morgan fingerprint density at radius 2 is 1.60 bits per heavy atom. The summed E-state index contributed by atoms with van der Waals surface area (Å²) in [5.41, 5.74) is 1.80. The molecule has 0 aliphatic carbocycles. The summed E-state index contributed by atoms with van der Waals surface area (Å²) in [6.07, 6.45) is 3.26. The fourth-order valence-corrected chi connectivity index (χ4v) is 3.35. The lowest BCUT2D eigenvalue weighted by Crippen LogP contribution is -1.98. The van der Waals surface area contributed by atoms with Crippen LogP contribution in [0.2, 0.25) is 0 Å². The summed E-state index contributed by atoms with van der Waals surface area (Å²) in [7, 11) is 1.39. The van der Waals surface area contributed by atoms with E-state index in [4.69, 9.17) is 14.2 Å². The van der Waals surface area contributed by atoms with Gasteiger partial charge in [0.15, 0.2) is 11.5 Å². The molecule has 0 amide bonds. The van der Waals surface area contributed by atoms with E-state index in [-0.39, 0.29) is 17.2 Å². The van der Waals surface area contributed by atoms with E-state index >= 15 is 0 Å². The van der Waals surface area contributed by atoms with Crippen molar-refractivity contribution in [3.05, 3.63) is 109 Å². The zero-order valence-electron chi connectivity index (χ0n) is 18.6. The minimum absolute atomic E-state index is 0.150. The molecule has 4 rings (SSSR count). The van der Waals surface area contributed by atoms with Crippen molar-refractivity contribution in [2.24, 2.45) is 0 Å². The van der Waals surface area contributed by atoms with Gasteiger partial charge in [-0.2, -0.15) is 0 Å². The molecule has 1 aliphatic rings. The highest BCUT2D eigenvalue weighted by Crippen LogP contribution is 2.39. The van der Waals surface area contributed by atoms with Crippen molar-refractivity contribution in [2.45, 2.75) is 6.92 Å². The van der Waals surface area contributed by atoms with Crippen LogP contribution in [0.4, 0.5) is 11.4 Å². The number of carbonyl (C=O) groups excluding carboxylic acids is 1. The molecule has 1 heterocycles. The molecule has 1 aliphatic heterocycles. The number of nitro groups is 2. The molecule has 3 aromatic carbocycles. The van der Waals surface area contributed by atoms with Gasteiger partial charge in [-0.25, -0.2) is 4.79 Å². The Morgan fingerprint density at radius 3 is 2.26 bits per heavy atom. The maximum atomic E-state index is 12.4. The van der Waals surface area contributed by atoms with Gasteiger partial charge in [0.05, 0.1) is 28.6 Å². The highest BCUT2D eigenvalue weighted by molar-refractivity contribution is 6.05. The fourth-order valence-electron chi connectivity index (χ4n) is 3.35. The van der Waals surface area contributed by atoms with E-state index in [9.17, 15) is 25.0 Å². The first-order valence-corrected chi connectivity index (χ1v) is 10.3. The Bertz CT molecular complexity index is 1410. The monoisotopic (exact) mass is 474 g/mol. The number of hydrogen-bond donors (Lipinski definition) is 0. The van der Waals surface area contributed by atoms with Gasteiger partial charge in [0.25, 0.3) is 5.69 Å². The number of hydrogen-bond acceptors (Lipinski definition) is 8. The number of aryl methyl sites for hydroxylation is 1. The molecule has 0 spiro atoms. The van der Waals surface area contributed by atoms with Gasteiger partial charge in [-0.05, 0) is 42.8 Å². The summed E-state index contributed by atoms with van der Waals surface area (Å²) in [6, 6.07) is 15.4. The number of cyclic esters (lactones) is 1. The maximum Gasteiger partial charge on any atom is 0.343 e. The summed E-state index contributed by atoms with van der Waals surface area (Å²) in [5.74, 6) is 0.146. The van der Waals surface area contributed by atoms with Crippen LogP contribution in [-0.2, 0) is 9.53 Å². The van der Waals surface area contributed by atoms with Crippen LogP contribution in [0, 0.1) is 27.2 Å². The number of carbonyl (C=O) groups is 1. The first-order valence-electron chi connectivity index (χ1n) is 10.3. The van der Waals surface area contributed by atoms with E-state index in [0.717, 1.165) is 29.3 Å². The van der Waals surface area contributed by atoms with Crippen LogP contribution < -0.4 is 9.47 Å². The molecule has 35 heavy (non-hydrogen) atoms. The second-order valence-electron chi connectivity index (χ2n) is 7.54. The molecular formula is C25H18N2O8. The predicted molar refractivity (Wildman–Crippen MR) is 126 cm³/mol. The molecule has 0 aromatic heterocycles. The molecule has 3 aromatic rings. The van der Waals surface area contributed by atoms with Crippen molar-refractivity contribution in [1.82, 2.24) is 0 Å². The minimum atomic E-state index is -0.767. The van der Waals surface area contributed by atoms with Gasteiger partial charge in [0.1, 0.15) is 5.76 Å². The number of nitrogens with zero attached hydrogens (tertiary/aromatic N) is 2. The van der Waals surface area contributed by atoms with Gasteiger partial charge in [-0.15, -0.1) is 0 Å². The van der Waals surface area contributed by atoms with Crippen LogP contribution in [0.15, 0.2) is 72.3 Å². The van der Waals surface area contributed by atoms with Gasteiger partial charge in [0, 0.05) is 11.6 Å². The Balaban J connectivity index is 1.62. The van der Waals surface area contributed by atoms with Gasteiger partial charge in [0.2, 0.25) is 5.75 Å². The van der Waals surface area contributed by atoms with E-state index in [1.807, 2.05) is 31.2 Å².